The fraction of sp³-hybridized carbons (Fsp3) is 0.500. The van der Waals surface area contributed by atoms with Gasteiger partial charge in [0.2, 0.25) is 5.91 Å². The zero-order valence-electron chi connectivity index (χ0n) is 8.37. The Kier molecular flexibility index (Phi) is 4.62. The lowest BCUT2D eigenvalue weighted by molar-refractivity contribution is -0.131. The monoisotopic (exact) mass is 275 g/mol. The van der Waals surface area contributed by atoms with Gasteiger partial charge in [-0.3, -0.25) is 4.79 Å². The Labute approximate surface area is 97.1 Å². The van der Waals surface area contributed by atoms with E-state index in [0.29, 0.717) is 6.42 Å². The maximum Gasteiger partial charge on any atom is 0.223 e. The summed E-state index contributed by atoms with van der Waals surface area (Å²) in [5.41, 5.74) is 0. The minimum Gasteiger partial charge on any atom is -0.338 e. The first-order chi connectivity index (χ1) is 6.66. The van der Waals surface area contributed by atoms with Crippen LogP contribution < -0.4 is 0 Å². The molecule has 1 atom stereocenters. The van der Waals surface area contributed by atoms with Gasteiger partial charge in [0.15, 0.2) is 0 Å². The fourth-order valence-corrected chi connectivity index (χ4v) is 2.36. The summed E-state index contributed by atoms with van der Waals surface area (Å²) in [7, 11) is 1.86. The Bertz CT molecular complexity index is 286. The van der Waals surface area contributed by atoms with Crippen molar-refractivity contribution in [1.29, 1.82) is 0 Å². The number of amides is 1. The standard InChI is InChI=1S/C10H14BrNOS/c1-8(9-4-3-7-14-9)12(2)10(13)5-6-11/h3-4,7-8H,5-6H2,1-2H3. The number of hydrogen-bond donors (Lipinski definition) is 0. The van der Waals surface area contributed by atoms with Crippen molar-refractivity contribution in [1.82, 2.24) is 4.90 Å². The van der Waals surface area contributed by atoms with E-state index in [4.69, 9.17) is 0 Å². The average molecular weight is 276 g/mol. The largest absolute Gasteiger partial charge is 0.338 e. The van der Waals surface area contributed by atoms with Gasteiger partial charge in [-0.05, 0) is 18.4 Å². The number of carbonyl (C=O) groups is 1. The molecular formula is C10H14BrNOS. The molecule has 0 radical (unpaired) electrons. The van der Waals surface area contributed by atoms with E-state index in [9.17, 15) is 4.79 Å². The van der Waals surface area contributed by atoms with Crippen LogP contribution in [0.2, 0.25) is 0 Å². The second kappa shape index (κ2) is 5.51. The van der Waals surface area contributed by atoms with Gasteiger partial charge >= 0.3 is 0 Å². The lowest BCUT2D eigenvalue weighted by Gasteiger charge is -2.23. The summed E-state index contributed by atoms with van der Waals surface area (Å²) in [4.78, 5) is 14.6. The van der Waals surface area contributed by atoms with Gasteiger partial charge in [0.25, 0.3) is 0 Å². The third-order valence-corrected chi connectivity index (χ3v) is 3.68. The predicted molar refractivity (Wildman–Crippen MR) is 63.9 cm³/mol. The molecular weight excluding hydrogens is 262 g/mol. The van der Waals surface area contributed by atoms with E-state index < -0.39 is 0 Å². The summed E-state index contributed by atoms with van der Waals surface area (Å²) >= 11 is 4.96. The third-order valence-electron chi connectivity index (χ3n) is 2.24. The second-order valence-corrected chi connectivity index (χ2v) is 4.91. The zero-order valence-corrected chi connectivity index (χ0v) is 10.8. The summed E-state index contributed by atoms with van der Waals surface area (Å²) in [5.74, 6) is 0.183. The fourth-order valence-electron chi connectivity index (χ4n) is 1.19. The average Bonchev–Trinajstić information content (AvgIpc) is 2.68. The van der Waals surface area contributed by atoms with Crippen LogP contribution in [0.4, 0.5) is 0 Å². The molecule has 0 fully saturated rings. The molecule has 1 heterocycles. The number of halogens is 1. The Morgan fingerprint density at radius 3 is 2.93 bits per heavy atom. The number of rotatable bonds is 4. The van der Waals surface area contributed by atoms with Crippen molar-refractivity contribution in [3.63, 3.8) is 0 Å². The molecule has 0 aliphatic heterocycles. The molecule has 0 aliphatic rings. The highest BCUT2D eigenvalue weighted by Crippen LogP contribution is 2.23. The summed E-state index contributed by atoms with van der Waals surface area (Å²) in [6.07, 6.45) is 0.562. The van der Waals surface area contributed by atoms with E-state index in [-0.39, 0.29) is 11.9 Å². The molecule has 0 aromatic carbocycles. The van der Waals surface area contributed by atoms with Crippen LogP contribution in [0.25, 0.3) is 0 Å². The Morgan fingerprint density at radius 2 is 2.43 bits per heavy atom. The van der Waals surface area contributed by atoms with Gasteiger partial charge in [0.05, 0.1) is 6.04 Å². The minimum absolute atomic E-state index is 0.182. The summed E-state index contributed by atoms with van der Waals surface area (Å²) in [6.45, 7) is 2.05. The quantitative estimate of drug-likeness (QED) is 0.774. The van der Waals surface area contributed by atoms with Crippen molar-refractivity contribution in [3.05, 3.63) is 22.4 Å². The highest BCUT2D eigenvalue weighted by atomic mass is 79.9. The van der Waals surface area contributed by atoms with Crippen molar-refractivity contribution >= 4 is 33.2 Å². The van der Waals surface area contributed by atoms with Gasteiger partial charge in [-0.25, -0.2) is 0 Å². The Morgan fingerprint density at radius 1 is 1.71 bits per heavy atom. The highest BCUT2D eigenvalue weighted by molar-refractivity contribution is 9.09. The van der Waals surface area contributed by atoms with E-state index in [2.05, 4.69) is 28.9 Å². The topological polar surface area (TPSA) is 20.3 Å². The van der Waals surface area contributed by atoms with Gasteiger partial charge in [0, 0.05) is 23.7 Å². The zero-order chi connectivity index (χ0) is 10.6. The number of thiophene rings is 1. The molecule has 0 N–H and O–H groups in total. The van der Waals surface area contributed by atoms with Crippen molar-refractivity contribution in [2.24, 2.45) is 0 Å². The number of alkyl halides is 1. The molecule has 78 valence electrons. The van der Waals surface area contributed by atoms with Crippen LogP contribution in [0.3, 0.4) is 0 Å². The molecule has 4 heteroatoms. The molecule has 1 rings (SSSR count). The number of nitrogens with zero attached hydrogens (tertiary/aromatic N) is 1. The van der Waals surface area contributed by atoms with Crippen LogP contribution in [-0.2, 0) is 4.79 Å². The summed E-state index contributed by atoms with van der Waals surface area (Å²) < 4.78 is 0. The molecule has 14 heavy (non-hydrogen) atoms. The molecule has 0 spiro atoms. The van der Waals surface area contributed by atoms with Gasteiger partial charge in [-0.2, -0.15) is 0 Å². The maximum atomic E-state index is 11.6. The molecule has 0 bridgehead atoms. The number of carbonyl (C=O) groups excluding carboxylic acids is 1. The molecule has 1 aromatic rings. The number of hydrogen-bond acceptors (Lipinski definition) is 2. The van der Waals surface area contributed by atoms with E-state index in [1.54, 1.807) is 16.2 Å². The second-order valence-electron chi connectivity index (χ2n) is 3.14. The van der Waals surface area contributed by atoms with Gasteiger partial charge < -0.3 is 4.90 Å². The van der Waals surface area contributed by atoms with Crippen LogP contribution in [0.1, 0.15) is 24.3 Å². The van der Waals surface area contributed by atoms with Crippen LogP contribution >= 0.6 is 27.3 Å². The molecule has 1 unspecified atom stereocenters. The van der Waals surface area contributed by atoms with E-state index in [1.165, 1.54) is 4.88 Å². The van der Waals surface area contributed by atoms with Crippen molar-refractivity contribution in [2.45, 2.75) is 19.4 Å². The Balaban J connectivity index is 2.61. The third kappa shape index (κ3) is 2.82. The first-order valence-electron chi connectivity index (χ1n) is 4.52. The molecule has 1 amide bonds. The molecule has 0 aliphatic carbocycles. The first-order valence-corrected chi connectivity index (χ1v) is 6.52. The first kappa shape index (κ1) is 11.7. The van der Waals surface area contributed by atoms with E-state index >= 15 is 0 Å². The van der Waals surface area contributed by atoms with Gasteiger partial charge in [-0.1, -0.05) is 22.0 Å². The van der Waals surface area contributed by atoms with Crippen LogP contribution in [0.5, 0.6) is 0 Å². The molecule has 0 saturated carbocycles. The summed E-state index contributed by atoms with van der Waals surface area (Å²) in [6, 6.07) is 4.26. The minimum atomic E-state index is 0.182. The van der Waals surface area contributed by atoms with Gasteiger partial charge in [-0.15, -0.1) is 11.3 Å². The van der Waals surface area contributed by atoms with Crippen LogP contribution in [0, 0.1) is 0 Å². The lowest BCUT2D eigenvalue weighted by Crippen LogP contribution is -2.29. The van der Waals surface area contributed by atoms with E-state index in [1.807, 2.05) is 18.5 Å². The van der Waals surface area contributed by atoms with Crippen LogP contribution in [-0.4, -0.2) is 23.2 Å². The van der Waals surface area contributed by atoms with Crippen molar-refractivity contribution in [2.75, 3.05) is 12.4 Å². The van der Waals surface area contributed by atoms with Crippen LogP contribution in [0.15, 0.2) is 17.5 Å². The van der Waals surface area contributed by atoms with Gasteiger partial charge in [0.1, 0.15) is 0 Å². The smallest absolute Gasteiger partial charge is 0.223 e. The van der Waals surface area contributed by atoms with Crippen molar-refractivity contribution in [3.8, 4) is 0 Å². The SMILES string of the molecule is CC(c1cccs1)N(C)C(=O)CCBr. The molecule has 2 nitrogen and oxygen atoms in total. The predicted octanol–water partition coefficient (Wildman–Crippen LogP) is 3.05. The normalized spacial score (nSPS) is 12.5. The highest BCUT2D eigenvalue weighted by Gasteiger charge is 2.16. The molecule has 1 aromatic heterocycles. The molecule has 0 saturated heterocycles. The maximum absolute atomic E-state index is 11.6. The summed E-state index contributed by atoms with van der Waals surface area (Å²) in [5, 5.41) is 2.77. The van der Waals surface area contributed by atoms with Crippen molar-refractivity contribution < 1.29 is 4.79 Å². The lowest BCUT2D eigenvalue weighted by atomic mass is 10.2. The van der Waals surface area contributed by atoms with E-state index in [0.717, 1.165) is 5.33 Å². The Hall–Kier alpha value is -0.350.